The summed E-state index contributed by atoms with van der Waals surface area (Å²) in [6.07, 6.45) is 41.1. The van der Waals surface area contributed by atoms with Gasteiger partial charge in [0.2, 0.25) is 5.91 Å². The number of carbonyl (C=O) groups is 2. The highest BCUT2D eigenvalue weighted by Gasteiger charge is 2.44. The van der Waals surface area contributed by atoms with E-state index < -0.39 is 49.5 Å². The van der Waals surface area contributed by atoms with Crippen molar-refractivity contribution >= 4 is 11.9 Å². The van der Waals surface area contributed by atoms with Crippen molar-refractivity contribution in [2.24, 2.45) is 0 Å². The Labute approximate surface area is 390 Å². The minimum absolute atomic E-state index is 0.0238. The van der Waals surface area contributed by atoms with Gasteiger partial charge in [0.1, 0.15) is 24.4 Å². The van der Waals surface area contributed by atoms with E-state index >= 15 is 0 Å². The maximum Gasteiger partial charge on any atom is 0.305 e. The Morgan fingerprint density at radius 1 is 0.594 bits per heavy atom. The summed E-state index contributed by atoms with van der Waals surface area (Å²) in [4.78, 5) is 25.0. The van der Waals surface area contributed by atoms with Crippen LogP contribution in [0.3, 0.4) is 0 Å². The molecule has 0 radical (unpaired) electrons. The summed E-state index contributed by atoms with van der Waals surface area (Å²) < 4.78 is 16.6. The highest BCUT2D eigenvalue weighted by atomic mass is 16.7. The number of aliphatic hydroxyl groups excluding tert-OH is 5. The highest BCUT2D eigenvalue weighted by Crippen LogP contribution is 2.23. The molecule has 0 aromatic carbocycles. The van der Waals surface area contributed by atoms with Crippen LogP contribution < -0.4 is 5.32 Å². The normalized spacial score (nSPS) is 20.1. The van der Waals surface area contributed by atoms with Crippen LogP contribution in [-0.2, 0) is 23.8 Å². The zero-order valence-corrected chi connectivity index (χ0v) is 40.7. The van der Waals surface area contributed by atoms with Gasteiger partial charge in [0, 0.05) is 12.8 Å². The van der Waals surface area contributed by atoms with Crippen LogP contribution in [0, 0.1) is 0 Å². The summed E-state index contributed by atoms with van der Waals surface area (Å²) in [5, 5.41) is 54.0. The fraction of sp³-hybridized carbons (Fsp3) is 0.849. The number of nitrogens with one attached hydrogen (secondary N) is 1. The summed E-state index contributed by atoms with van der Waals surface area (Å²) >= 11 is 0. The van der Waals surface area contributed by atoms with E-state index in [1.54, 1.807) is 6.08 Å². The van der Waals surface area contributed by atoms with Crippen molar-refractivity contribution in [1.82, 2.24) is 5.32 Å². The number of unbranched alkanes of at least 4 members (excludes halogenated alkanes) is 27. The predicted molar refractivity (Wildman–Crippen MR) is 260 cm³/mol. The van der Waals surface area contributed by atoms with Gasteiger partial charge >= 0.3 is 5.97 Å². The van der Waals surface area contributed by atoms with Crippen molar-refractivity contribution < 1.29 is 49.3 Å². The van der Waals surface area contributed by atoms with Crippen LogP contribution in [0.2, 0.25) is 0 Å². The molecule has 374 valence electrons. The van der Waals surface area contributed by atoms with E-state index in [2.05, 4.69) is 30.5 Å². The van der Waals surface area contributed by atoms with E-state index in [9.17, 15) is 35.1 Å². The number of ether oxygens (including phenoxy) is 3. The SMILES string of the molecule is C/C=C/CC/C=C/CC/C=C/C(O)C(COC1OC(CO)C(O)C(O)C1O)NC(=O)CCCCCCCCCCCCCCCCOC(=O)CCCCCCCCCCCCCCC. The van der Waals surface area contributed by atoms with Crippen molar-refractivity contribution in [3.8, 4) is 0 Å². The number of aliphatic hydroxyl groups is 5. The molecule has 1 amide bonds. The first-order valence-corrected chi connectivity index (χ1v) is 26.2. The fourth-order valence-corrected chi connectivity index (χ4v) is 8.12. The molecule has 1 saturated heterocycles. The zero-order chi connectivity index (χ0) is 46.7. The predicted octanol–water partition coefficient (Wildman–Crippen LogP) is 10.8. The molecule has 1 aliphatic heterocycles. The van der Waals surface area contributed by atoms with Crippen LogP contribution in [-0.4, -0.2) is 100 Å². The molecule has 0 aromatic rings. The minimum Gasteiger partial charge on any atom is -0.466 e. The first kappa shape index (κ1) is 59.9. The van der Waals surface area contributed by atoms with Gasteiger partial charge in [0.25, 0.3) is 0 Å². The summed E-state index contributed by atoms with van der Waals surface area (Å²) in [5.74, 6) is -0.234. The molecule has 6 N–H and O–H groups in total. The standard InChI is InChI=1S/C53H97NO10/c1-3-5-7-9-11-13-14-17-21-25-29-33-37-41-49(58)62-42-38-34-30-26-22-19-16-15-18-20-24-28-32-36-40-48(57)54-45(46(56)39-35-31-27-23-12-10-8-6-4-2)44-63-53-52(61)51(60)50(59)47(43-55)64-53/h4,6,12,23,35,39,45-47,50-53,55-56,59-61H,3,5,7-11,13-22,24-34,36-38,40-44H2,1-2H3,(H,54,57)/b6-4+,23-12+,39-35+. The number of hydrogen-bond acceptors (Lipinski definition) is 10. The molecule has 0 aromatic heterocycles. The molecule has 1 aliphatic rings. The molecule has 7 unspecified atom stereocenters. The number of esters is 1. The fourth-order valence-electron chi connectivity index (χ4n) is 8.12. The van der Waals surface area contributed by atoms with E-state index in [0.29, 0.717) is 25.9 Å². The number of rotatable bonds is 44. The lowest BCUT2D eigenvalue weighted by Crippen LogP contribution is -2.60. The quantitative estimate of drug-likeness (QED) is 0.0196. The second-order valence-corrected chi connectivity index (χ2v) is 18.2. The average molecular weight is 908 g/mol. The Bertz CT molecular complexity index is 1160. The van der Waals surface area contributed by atoms with Crippen LogP contribution in [0.4, 0.5) is 0 Å². The van der Waals surface area contributed by atoms with Crippen molar-refractivity contribution in [2.75, 3.05) is 19.8 Å². The van der Waals surface area contributed by atoms with Gasteiger partial charge in [0.15, 0.2) is 6.29 Å². The first-order valence-electron chi connectivity index (χ1n) is 26.2. The van der Waals surface area contributed by atoms with Gasteiger partial charge in [-0.1, -0.05) is 197 Å². The second kappa shape index (κ2) is 43.5. The first-order chi connectivity index (χ1) is 31.2. The molecule has 1 fully saturated rings. The Hall–Kier alpha value is -2.12. The maximum atomic E-state index is 12.9. The molecule has 0 bridgehead atoms. The summed E-state index contributed by atoms with van der Waals surface area (Å²) in [5.41, 5.74) is 0. The van der Waals surface area contributed by atoms with Crippen LogP contribution in [0.1, 0.15) is 226 Å². The molecular formula is C53H97NO10. The van der Waals surface area contributed by atoms with Crippen molar-refractivity contribution in [3.63, 3.8) is 0 Å². The Morgan fingerprint density at radius 3 is 1.55 bits per heavy atom. The van der Waals surface area contributed by atoms with Crippen LogP contribution in [0.5, 0.6) is 0 Å². The smallest absolute Gasteiger partial charge is 0.305 e. The second-order valence-electron chi connectivity index (χ2n) is 18.2. The summed E-state index contributed by atoms with van der Waals surface area (Å²) in [6.45, 7) is 4.04. The third-order valence-corrected chi connectivity index (χ3v) is 12.3. The van der Waals surface area contributed by atoms with Gasteiger partial charge in [-0.3, -0.25) is 9.59 Å². The van der Waals surface area contributed by atoms with Crippen LogP contribution >= 0.6 is 0 Å². The van der Waals surface area contributed by atoms with Gasteiger partial charge in [0.05, 0.1) is 32.0 Å². The van der Waals surface area contributed by atoms with Gasteiger partial charge in [-0.05, 0) is 51.9 Å². The van der Waals surface area contributed by atoms with Gasteiger partial charge in [-0.25, -0.2) is 0 Å². The monoisotopic (exact) mass is 908 g/mol. The van der Waals surface area contributed by atoms with E-state index in [1.807, 2.05) is 19.1 Å². The molecule has 0 saturated carbocycles. The topological polar surface area (TPSA) is 175 Å². The van der Waals surface area contributed by atoms with E-state index in [-0.39, 0.29) is 18.5 Å². The lowest BCUT2D eigenvalue weighted by molar-refractivity contribution is -0.302. The number of amides is 1. The molecule has 7 atom stereocenters. The molecule has 0 spiro atoms. The van der Waals surface area contributed by atoms with E-state index in [0.717, 1.165) is 70.6 Å². The van der Waals surface area contributed by atoms with E-state index in [1.165, 1.54) is 122 Å². The molecule has 1 heterocycles. The number of carbonyl (C=O) groups excluding carboxylic acids is 2. The van der Waals surface area contributed by atoms with Crippen molar-refractivity contribution in [3.05, 3.63) is 36.5 Å². The summed E-state index contributed by atoms with van der Waals surface area (Å²) in [6, 6.07) is -0.840. The van der Waals surface area contributed by atoms with Gasteiger partial charge < -0.3 is 45.1 Å². The minimum atomic E-state index is -1.58. The average Bonchev–Trinajstić information content (AvgIpc) is 3.29. The number of hydrogen-bond donors (Lipinski definition) is 6. The van der Waals surface area contributed by atoms with Crippen LogP contribution in [0.15, 0.2) is 36.5 Å². The third kappa shape index (κ3) is 33.4. The van der Waals surface area contributed by atoms with Gasteiger partial charge in [-0.2, -0.15) is 0 Å². The van der Waals surface area contributed by atoms with Crippen LogP contribution in [0.25, 0.3) is 0 Å². The largest absolute Gasteiger partial charge is 0.466 e. The molecule has 11 nitrogen and oxygen atoms in total. The van der Waals surface area contributed by atoms with E-state index in [4.69, 9.17) is 14.2 Å². The Morgan fingerprint density at radius 2 is 1.05 bits per heavy atom. The molecule has 11 heteroatoms. The lowest BCUT2D eigenvalue weighted by Gasteiger charge is -2.40. The molecule has 64 heavy (non-hydrogen) atoms. The third-order valence-electron chi connectivity index (χ3n) is 12.3. The van der Waals surface area contributed by atoms with Gasteiger partial charge in [-0.15, -0.1) is 0 Å². The molecule has 1 rings (SSSR count). The summed E-state index contributed by atoms with van der Waals surface area (Å²) in [7, 11) is 0. The van der Waals surface area contributed by atoms with Crippen molar-refractivity contribution in [2.45, 2.75) is 269 Å². The van der Waals surface area contributed by atoms with Crippen molar-refractivity contribution in [1.29, 1.82) is 0 Å². The maximum absolute atomic E-state index is 12.9. The molecular weight excluding hydrogens is 811 g/mol. The lowest BCUT2D eigenvalue weighted by atomic mass is 9.99. The number of allylic oxidation sites excluding steroid dienone is 5. The zero-order valence-electron chi connectivity index (χ0n) is 40.7. The Balaban J connectivity index is 2.11. The molecule has 0 aliphatic carbocycles. The Kier molecular flexibility index (Phi) is 40.7. The highest BCUT2D eigenvalue weighted by molar-refractivity contribution is 5.76.